The van der Waals surface area contributed by atoms with E-state index in [2.05, 4.69) is 5.32 Å². The maximum atomic E-state index is 12.4. The predicted molar refractivity (Wildman–Crippen MR) is 98.2 cm³/mol. The number of ketones is 1. The quantitative estimate of drug-likeness (QED) is 0.788. The third kappa shape index (κ3) is 6.26. The number of aliphatic carboxylic acids is 1. The summed E-state index contributed by atoms with van der Waals surface area (Å²) < 4.78 is 5.07. The molecule has 1 atom stereocenters. The summed E-state index contributed by atoms with van der Waals surface area (Å²) in [6, 6.07) is 14.2. The highest BCUT2D eigenvalue weighted by Crippen LogP contribution is 2.13. The average Bonchev–Trinajstić information content (AvgIpc) is 2.60. The molecule has 0 saturated heterocycles. The van der Waals surface area contributed by atoms with Crippen molar-refractivity contribution in [1.82, 2.24) is 5.32 Å². The Morgan fingerprint density at radius 2 is 1.52 bits per heavy atom. The third-order valence-electron chi connectivity index (χ3n) is 3.67. The second kappa shape index (κ2) is 8.49. The Kier molecular flexibility index (Phi) is 6.34. The Hall–Kier alpha value is -3.15. The molecule has 27 heavy (non-hydrogen) atoms. The van der Waals surface area contributed by atoms with Gasteiger partial charge in [-0.3, -0.25) is 4.79 Å². The minimum atomic E-state index is -1.41. The van der Waals surface area contributed by atoms with Gasteiger partial charge in [-0.25, -0.2) is 4.79 Å². The van der Waals surface area contributed by atoms with Crippen molar-refractivity contribution < 1.29 is 24.2 Å². The second-order valence-corrected chi connectivity index (χ2v) is 7.11. The van der Waals surface area contributed by atoms with E-state index in [1.807, 2.05) is 6.07 Å². The van der Waals surface area contributed by atoms with Crippen LogP contribution in [0, 0.1) is 0 Å². The zero-order chi connectivity index (χ0) is 20.0. The molecule has 0 aliphatic carbocycles. The number of benzene rings is 2. The maximum absolute atomic E-state index is 12.4. The van der Waals surface area contributed by atoms with Crippen LogP contribution in [0.2, 0.25) is 0 Å². The number of ether oxygens (including phenoxy) is 1. The van der Waals surface area contributed by atoms with Crippen molar-refractivity contribution in [3.05, 3.63) is 71.3 Å². The first-order valence-corrected chi connectivity index (χ1v) is 8.55. The molecule has 0 bridgehead atoms. The smallest absolute Gasteiger partial charge is 0.408 e. The molecule has 2 aromatic carbocycles. The van der Waals surface area contributed by atoms with Crippen molar-refractivity contribution >= 4 is 17.8 Å². The van der Waals surface area contributed by atoms with Gasteiger partial charge in [-0.05, 0) is 32.8 Å². The van der Waals surface area contributed by atoms with E-state index in [1.165, 1.54) is 0 Å². The standard InChI is InChI=1S/C21H23NO5/c1-21(2,3)27-20(26)22-17(19(24)25)13-14-9-11-16(12-10-14)18(23)15-7-5-4-6-8-15/h4-12,17H,13H2,1-3H3,(H,22,26)(H,24,25)/p-1/t17-/m0/s1. The molecule has 1 amide bonds. The molecule has 0 unspecified atom stereocenters. The number of carbonyl (C=O) groups excluding carboxylic acids is 3. The number of carbonyl (C=O) groups is 3. The van der Waals surface area contributed by atoms with E-state index in [4.69, 9.17) is 4.74 Å². The van der Waals surface area contributed by atoms with Crippen LogP contribution in [0.25, 0.3) is 0 Å². The summed E-state index contributed by atoms with van der Waals surface area (Å²) in [5.41, 5.74) is 0.976. The highest BCUT2D eigenvalue weighted by Gasteiger charge is 2.20. The van der Waals surface area contributed by atoms with Gasteiger partial charge < -0.3 is 20.0 Å². The fourth-order valence-electron chi connectivity index (χ4n) is 2.43. The Labute approximate surface area is 158 Å². The van der Waals surface area contributed by atoms with Crippen LogP contribution in [0.3, 0.4) is 0 Å². The van der Waals surface area contributed by atoms with Crippen LogP contribution in [0.1, 0.15) is 42.3 Å². The number of carboxylic acids is 1. The molecular weight excluding hydrogens is 346 g/mol. The Morgan fingerprint density at radius 3 is 2.04 bits per heavy atom. The van der Waals surface area contributed by atoms with Gasteiger partial charge in [-0.1, -0.05) is 54.6 Å². The van der Waals surface area contributed by atoms with Crippen LogP contribution in [-0.4, -0.2) is 29.5 Å². The summed E-state index contributed by atoms with van der Waals surface area (Å²) in [5.74, 6) is -1.53. The second-order valence-electron chi connectivity index (χ2n) is 7.11. The Morgan fingerprint density at radius 1 is 0.963 bits per heavy atom. The van der Waals surface area contributed by atoms with Gasteiger partial charge in [0.25, 0.3) is 0 Å². The van der Waals surface area contributed by atoms with Gasteiger partial charge >= 0.3 is 6.09 Å². The number of hydrogen-bond acceptors (Lipinski definition) is 5. The molecule has 1 N–H and O–H groups in total. The summed E-state index contributed by atoms with van der Waals surface area (Å²) >= 11 is 0. The van der Waals surface area contributed by atoms with Gasteiger partial charge in [0.15, 0.2) is 5.78 Å². The molecule has 142 valence electrons. The molecular formula is C21H22NO5-. The lowest BCUT2D eigenvalue weighted by Gasteiger charge is -2.24. The molecule has 0 radical (unpaired) electrons. The molecule has 6 nitrogen and oxygen atoms in total. The number of alkyl carbamates (subject to hydrolysis) is 1. The monoisotopic (exact) mass is 368 g/mol. The average molecular weight is 368 g/mol. The van der Waals surface area contributed by atoms with Gasteiger partial charge in [0.05, 0.1) is 12.0 Å². The van der Waals surface area contributed by atoms with Crippen LogP contribution in [0.4, 0.5) is 4.79 Å². The molecule has 0 heterocycles. The lowest BCUT2D eigenvalue weighted by Crippen LogP contribution is -2.50. The molecule has 2 aromatic rings. The van der Waals surface area contributed by atoms with E-state index in [0.29, 0.717) is 16.7 Å². The lowest BCUT2D eigenvalue weighted by molar-refractivity contribution is -0.308. The van der Waals surface area contributed by atoms with E-state index in [9.17, 15) is 19.5 Å². The minimum absolute atomic E-state index is 0.0153. The van der Waals surface area contributed by atoms with Gasteiger partial charge in [-0.2, -0.15) is 0 Å². The summed E-state index contributed by atoms with van der Waals surface area (Å²) in [6.45, 7) is 5.05. The van der Waals surface area contributed by atoms with Gasteiger partial charge in [0, 0.05) is 11.1 Å². The topological polar surface area (TPSA) is 95.5 Å². The van der Waals surface area contributed by atoms with E-state index in [-0.39, 0.29) is 12.2 Å². The molecule has 0 fully saturated rings. The molecule has 0 spiro atoms. The number of amides is 1. The minimum Gasteiger partial charge on any atom is -0.548 e. The van der Waals surface area contributed by atoms with Gasteiger partial charge in [0.1, 0.15) is 5.60 Å². The fourth-order valence-corrected chi connectivity index (χ4v) is 2.43. The number of hydrogen-bond donors (Lipinski definition) is 1. The highest BCUT2D eigenvalue weighted by atomic mass is 16.6. The van der Waals surface area contributed by atoms with Crippen molar-refractivity contribution in [3.63, 3.8) is 0 Å². The van der Waals surface area contributed by atoms with Crippen molar-refractivity contribution in [2.45, 2.75) is 38.8 Å². The SMILES string of the molecule is CC(C)(C)OC(=O)N[C@@H](Cc1ccc(C(=O)c2ccccc2)cc1)C(=O)[O-]. The molecule has 0 aliphatic rings. The number of nitrogens with one attached hydrogen (secondary N) is 1. The van der Waals surface area contributed by atoms with E-state index in [0.717, 1.165) is 0 Å². The predicted octanol–water partition coefficient (Wildman–Crippen LogP) is 2.10. The normalized spacial score (nSPS) is 12.1. The third-order valence-corrected chi connectivity index (χ3v) is 3.67. The summed E-state index contributed by atoms with van der Waals surface area (Å²) in [7, 11) is 0. The van der Waals surface area contributed by atoms with E-state index >= 15 is 0 Å². The Balaban J connectivity index is 2.05. The highest BCUT2D eigenvalue weighted by molar-refractivity contribution is 6.08. The zero-order valence-corrected chi connectivity index (χ0v) is 15.5. The fraction of sp³-hybridized carbons (Fsp3) is 0.286. The molecule has 2 rings (SSSR count). The van der Waals surface area contributed by atoms with Crippen LogP contribution in [0.5, 0.6) is 0 Å². The van der Waals surface area contributed by atoms with Crippen LogP contribution in [-0.2, 0) is 16.0 Å². The van der Waals surface area contributed by atoms with Crippen molar-refractivity contribution in [1.29, 1.82) is 0 Å². The van der Waals surface area contributed by atoms with Crippen LogP contribution >= 0.6 is 0 Å². The largest absolute Gasteiger partial charge is 0.548 e. The first kappa shape index (κ1) is 20.2. The number of carboxylic acid groups (broad SMARTS) is 1. The molecule has 0 aromatic heterocycles. The van der Waals surface area contributed by atoms with Crippen molar-refractivity contribution in [2.24, 2.45) is 0 Å². The first-order chi connectivity index (χ1) is 12.7. The lowest BCUT2D eigenvalue weighted by atomic mass is 9.99. The van der Waals surface area contributed by atoms with Gasteiger partial charge in [0.2, 0.25) is 0 Å². The molecule has 0 aliphatic heterocycles. The van der Waals surface area contributed by atoms with E-state index in [1.54, 1.807) is 69.3 Å². The van der Waals surface area contributed by atoms with Crippen molar-refractivity contribution in [3.8, 4) is 0 Å². The van der Waals surface area contributed by atoms with Crippen molar-refractivity contribution in [2.75, 3.05) is 0 Å². The molecule has 6 heteroatoms. The summed E-state index contributed by atoms with van der Waals surface area (Å²) in [6.07, 6.45) is -0.811. The van der Waals surface area contributed by atoms with Crippen LogP contribution < -0.4 is 10.4 Å². The first-order valence-electron chi connectivity index (χ1n) is 8.55. The van der Waals surface area contributed by atoms with Crippen LogP contribution in [0.15, 0.2) is 54.6 Å². The van der Waals surface area contributed by atoms with Gasteiger partial charge in [-0.15, -0.1) is 0 Å². The zero-order valence-electron chi connectivity index (χ0n) is 15.5. The molecule has 0 saturated carbocycles. The Bertz CT molecular complexity index is 807. The summed E-state index contributed by atoms with van der Waals surface area (Å²) in [5, 5.41) is 13.6. The number of rotatable bonds is 6. The summed E-state index contributed by atoms with van der Waals surface area (Å²) in [4.78, 5) is 35.5. The maximum Gasteiger partial charge on any atom is 0.408 e. The van der Waals surface area contributed by atoms with E-state index < -0.39 is 23.7 Å².